The highest BCUT2D eigenvalue weighted by Crippen LogP contribution is 2.10. The highest BCUT2D eigenvalue weighted by atomic mass is 127. The number of hydrogen-bond acceptors (Lipinski definition) is 4. The maximum absolute atomic E-state index is 11.9. The molecular weight excluding hydrogens is 335 g/mol. The number of rotatable bonds is 4. The standard InChI is InChI=1S/C11H13IN2O3/c1-3-9(11(16)17-2)14-10(15)7-4-5-13-6-8(7)12/h4-6,9H,3H2,1-2H3,(H,14,15)/t9-/m1/s1. The van der Waals surface area contributed by atoms with Gasteiger partial charge >= 0.3 is 5.97 Å². The van der Waals surface area contributed by atoms with Crippen LogP contribution in [0.2, 0.25) is 0 Å². The van der Waals surface area contributed by atoms with Crippen LogP contribution >= 0.6 is 22.6 Å². The predicted octanol–water partition coefficient (Wildman–Crippen LogP) is 1.37. The molecule has 0 spiro atoms. The Hall–Kier alpha value is -1.18. The second-order valence-electron chi connectivity index (χ2n) is 3.31. The van der Waals surface area contributed by atoms with Crippen LogP contribution in [0.15, 0.2) is 18.5 Å². The maximum atomic E-state index is 11.9. The van der Waals surface area contributed by atoms with Crippen molar-refractivity contribution < 1.29 is 14.3 Å². The number of pyridine rings is 1. The quantitative estimate of drug-likeness (QED) is 0.659. The Bertz CT molecular complexity index is 423. The molecule has 17 heavy (non-hydrogen) atoms. The molecule has 0 aliphatic rings. The smallest absolute Gasteiger partial charge is 0.328 e. The number of esters is 1. The molecule has 1 aromatic heterocycles. The minimum absolute atomic E-state index is 0.297. The van der Waals surface area contributed by atoms with E-state index in [9.17, 15) is 9.59 Å². The van der Waals surface area contributed by atoms with Gasteiger partial charge in [0.15, 0.2) is 0 Å². The van der Waals surface area contributed by atoms with Gasteiger partial charge in [0.2, 0.25) is 0 Å². The first-order valence-electron chi connectivity index (χ1n) is 5.08. The van der Waals surface area contributed by atoms with Crippen molar-refractivity contribution in [2.24, 2.45) is 0 Å². The van der Waals surface area contributed by atoms with Crippen molar-refractivity contribution in [3.63, 3.8) is 0 Å². The third-order valence-corrected chi connectivity index (χ3v) is 3.08. The van der Waals surface area contributed by atoms with Crippen molar-refractivity contribution in [1.29, 1.82) is 0 Å². The molecule has 1 atom stereocenters. The molecule has 0 unspecified atom stereocenters. The maximum Gasteiger partial charge on any atom is 0.328 e. The van der Waals surface area contributed by atoms with Gasteiger partial charge in [0.1, 0.15) is 6.04 Å². The molecule has 0 radical (unpaired) electrons. The van der Waals surface area contributed by atoms with Crippen LogP contribution in [-0.4, -0.2) is 30.0 Å². The highest BCUT2D eigenvalue weighted by Gasteiger charge is 2.20. The second kappa shape index (κ2) is 6.53. The van der Waals surface area contributed by atoms with Crippen molar-refractivity contribution in [1.82, 2.24) is 10.3 Å². The summed E-state index contributed by atoms with van der Waals surface area (Å²) in [5.41, 5.74) is 0.503. The lowest BCUT2D eigenvalue weighted by Gasteiger charge is -2.14. The van der Waals surface area contributed by atoms with E-state index in [4.69, 9.17) is 0 Å². The summed E-state index contributed by atoms with van der Waals surface area (Å²) in [5.74, 6) is -0.737. The molecular formula is C11H13IN2O3. The molecule has 0 fully saturated rings. The third-order valence-electron chi connectivity index (χ3n) is 2.22. The third kappa shape index (κ3) is 3.65. The zero-order valence-electron chi connectivity index (χ0n) is 9.57. The Morgan fingerprint density at radius 1 is 1.59 bits per heavy atom. The Labute approximate surface area is 113 Å². The van der Waals surface area contributed by atoms with E-state index in [-0.39, 0.29) is 5.91 Å². The van der Waals surface area contributed by atoms with Crippen LogP contribution in [0, 0.1) is 3.57 Å². The molecule has 1 aromatic rings. The van der Waals surface area contributed by atoms with Crippen LogP contribution in [0.4, 0.5) is 0 Å². The van der Waals surface area contributed by atoms with Gasteiger partial charge in [-0.2, -0.15) is 0 Å². The van der Waals surface area contributed by atoms with E-state index in [1.54, 1.807) is 19.2 Å². The summed E-state index contributed by atoms with van der Waals surface area (Å²) in [6.07, 6.45) is 3.62. The molecule has 6 heteroatoms. The number of amides is 1. The molecule has 1 heterocycles. The van der Waals surface area contributed by atoms with E-state index in [2.05, 4.69) is 15.0 Å². The highest BCUT2D eigenvalue weighted by molar-refractivity contribution is 14.1. The van der Waals surface area contributed by atoms with Gasteiger partial charge in [-0.25, -0.2) is 4.79 Å². The molecule has 0 saturated carbocycles. The number of halogens is 1. The molecule has 0 bridgehead atoms. The van der Waals surface area contributed by atoms with Crippen LogP contribution in [0.1, 0.15) is 23.7 Å². The molecule has 1 rings (SSSR count). The molecule has 1 amide bonds. The number of hydrogen-bond donors (Lipinski definition) is 1. The minimum Gasteiger partial charge on any atom is -0.467 e. The Morgan fingerprint density at radius 3 is 2.82 bits per heavy atom. The van der Waals surface area contributed by atoms with Crippen molar-refractivity contribution in [2.45, 2.75) is 19.4 Å². The number of ether oxygens (including phenoxy) is 1. The number of nitrogens with zero attached hydrogens (tertiary/aromatic N) is 1. The van der Waals surface area contributed by atoms with Crippen molar-refractivity contribution in [3.8, 4) is 0 Å². The molecule has 0 aromatic carbocycles. The van der Waals surface area contributed by atoms with Gasteiger partial charge in [-0.15, -0.1) is 0 Å². The van der Waals surface area contributed by atoms with E-state index in [1.165, 1.54) is 13.3 Å². The number of nitrogens with one attached hydrogen (secondary N) is 1. The predicted molar refractivity (Wildman–Crippen MR) is 70.5 cm³/mol. The van der Waals surface area contributed by atoms with Gasteiger partial charge in [0, 0.05) is 16.0 Å². The zero-order chi connectivity index (χ0) is 12.8. The topological polar surface area (TPSA) is 68.3 Å². The first-order chi connectivity index (χ1) is 8.10. The first kappa shape index (κ1) is 13.9. The van der Waals surface area contributed by atoms with Crippen LogP contribution in [0.3, 0.4) is 0 Å². The molecule has 1 N–H and O–H groups in total. The second-order valence-corrected chi connectivity index (χ2v) is 4.48. The Morgan fingerprint density at radius 2 is 2.29 bits per heavy atom. The number of carbonyl (C=O) groups is 2. The molecule has 92 valence electrons. The first-order valence-corrected chi connectivity index (χ1v) is 6.16. The number of methoxy groups -OCH3 is 1. The van der Waals surface area contributed by atoms with Crippen molar-refractivity contribution in [3.05, 3.63) is 27.6 Å². The van der Waals surface area contributed by atoms with Crippen LogP contribution in [-0.2, 0) is 9.53 Å². The molecule has 0 aliphatic heterocycles. The van der Waals surface area contributed by atoms with E-state index >= 15 is 0 Å². The van der Waals surface area contributed by atoms with Crippen LogP contribution in [0.25, 0.3) is 0 Å². The summed E-state index contributed by atoms with van der Waals surface area (Å²) >= 11 is 2.02. The van der Waals surface area contributed by atoms with Gasteiger partial charge < -0.3 is 10.1 Å². The van der Waals surface area contributed by atoms with Gasteiger partial charge in [-0.05, 0) is 35.1 Å². The van der Waals surface area contributed by atoms with Gasteiger partial charge in [-0.3, -0.25) is 9.78 Å². The summed E-state index contributed by atoms with van der Waals surface area (Å²) in [7, 11) is 1.30. The fourth-order valence-electron chi connectivity index (χ4n) is 1.27. The van der Waals surface area contributed by atoms with E-state index < -0.39 is 12.0 Å². The van der Waals surface area contributed by atoms with Crippen LogP contribution in [0.5, 0.6) is 0 Å². The van der Waals surface area contributed by atoms with Gasteiger partial charge in [-0.1, -0.05) is 6.92 Å². The van der Waals surface area contributed by atoms with Crippen molar-refractivity contribution >= 4 is 34.5 Å². The summed E-state index contributed by atoms with van der Waals surface area (Å²) in [6.45, 7) is 1.80. The molecule has 5 nitrogen and oxygen atoms in total. The monoisotopic (exact) mass is 348 g/mol. The normalized spacial score (nSPS) is 11.7. The SMILES string of the molecule is CC[C@@H](NC(=O)c1ccncc1I)C(=O)OC. The zero-order valence-corrected chi connectivity index (χ0v) is 11.7. The van der Waals surface area contributed by atoms with Crippen LogP contribution < -0.4 is 5.32 Å². The molecule has 0 saturated heterocycles. The summed E-state index contributed by atoms with van der Waals surface area (Å²) in [6, 6.07) is 0.998. The minimum atomic E-state index is -0.614. The average molecular weight is 348 g/mol. The number of aromatic nitrogens is 1. The van der Waals surface area contributed by atoms with Gasteiger partial charge in [0.05, 0.1) is 12.7 Å². The lowest BCUT2D eigenvalue weighted by Crippen LogP contribution is -2.41. The Kier molecular flexibility index (Phi) is 5.33. The van der Waals surface area contributed by atoms with E-state index in [0.717, 1.165) is 3.57 Å². The fraction of sp³-hybridized carbons (Fsp3) is 0.364. The lowest BCUT2D eigenvalue weighted by molar-refractivity contribution is -0.142. The largest absolute Gasteiger partial charge is 0.467 e. The van der Waals surface area contributed by atoms with Gasteiger partial charge in [0.25, 0.3) is 5.91 Å². The number of carbonyl (C=O) groups excluding carboxylic acids is 2. The summed E-state index contributed by atoms with van der Waals surface area (Å²) in [4.78, 5) is 27.1. The fourth-order valence-corrected chi connectivity index (χ4v) is 1.85. The van der Waals surface area contributed by atoms with E-state index in [1.807, 2.05) is 22.6 Å². The van der Waals surface area contributed by atoms with E-state index in [0.29, 0.717) is 12.0 Å². The summed E-state index contributed by atoms with van der Waals surface area (Å²) in [5, 5.41) is 2.63. The summed E-state index contributed by atoms with van der Waals surface area (Å²) < 4.78 is 5.34. The Balaban J connectivity index is 2.78. The molecule has 0 aliphatic carbocycles. The average Bonchev–Trinajstić information content (AvgIpc) is 2.35. The lowest BCUT2D eigenvalue weighted by atomic mass is 10.2. The van der Waals surface area contributed by atoms with Crippen molar-refractivity contribution in [2.75, 3.05) is 7.11 Å².